The smallest absolute Gasteiger partial charge is 0.292 e. The maximum atomic E-state index is 10.9. The van der Waals surface area contributed by atoms with Crippen molar-refractivity contribution in [1.82, 2.24) is 5.32 Å². The molecular formula is C10H13N3O3. The molecule has 1 aromatic rings. The molecule has 0 aliphatic carbocycles. The van der Waals surface area contributed by atoms with E-state index in [1.165, 1.54) is 18.2 Å². The van der Waals surface area contributed by atoms with Crippen LogP contribution in [0.5, 0.6) is 5.75 Å². The van der Waals surface area contributed by atoms with Crippen LogP contribution < -0.4 is 10.2 Å². The molecule has 1 heterocycles. The van der Waals surface area contributed by atoms with Gasteiger partial charge in [0, 0.05) is 38.3 Å². The van der Waals surface area contributed by atoms with Gasteiger partial charge >= 0.3 is 0 Å². The van der Waals surface area contributed by atoms with Crippen molar-refractivity contribution in [2.24, 2.45) is 0 Å². The van der Waals surface area contributed by atoms with Gasteiger partial charge in [0.15, 0.2) is 0 Å². The van der Waals surface area contributed by atoms with Crippen molar-refractivity contribution in [3.05, 3.63) is 28.3 Å². The first-order valence-electron chi connectivity index (χ1n) is 5.11. The number of phenols is 1. The highest BCUT2D eigenvalue weighted by molar-refractivity contribution is 5.65. The van der Waals surface area contributed by atoms with Gasteiger partial charge < -0.3 is 15.3 Å². The number of nitrogens with zero attached hydrogens (tertiary/aromatic N) is 2. The van der Waals surface area contributed by atoms with E-state index in [1.54, 1.807) is 0 Å². The molecule has 0 unspecified atom stereocenters. The number of nitro groups is 1. The molecule has 6 heteroatoms. The molecule has 86 valence electrons. The molecule has 0 bridgehead atoms. The van der Waals surface area contributed by atoms with E-state index in [0.29, 0.717) is 18.8 Å². The lowest BCUT2D eigenvalue weighted by molar-refractivity contribution is -0.384. The zero-order chi connectivity index (χ0) is 11.5. The molecule has 1 saturated heterocycles. The maximum absolute atomic E-state index is 10.9. The van der Waals surface area contributed by atoms with Crippen LogP contribution in [0.15, 0.2) is 18.2 Å². The van der Waals surface area contributed by atoms with Crippen LogP contribution in [0.25, 0.3) is 0 Å². The lowest BCUT2D eigenvalue weighted by atomic mass is 10.2. The minimum absolute atomic E-state index is 0.0414. The number of nitrogens with one attached hydrogen (secondary N) is 1. The Balaban J connectivity index is 2.36. The minimum atomic E-state index is -0.420. The van der Waals surface area contributed by atoms with Gasteiger partial charge in [-0.15, -0.1) is 0 Å². The number of hydrogen-bond donors (Lipinski definition) is 2. The number of rotatable bonds is 2. The predicted octanol–water partition coefficient (Wildman–Crippen LogP) is 0.710. The fourth-order valence-electron chi connectivity index (χ4n) is 1.83. The Bertz CT molecular complexity index is 402. The summed E-state index contributed by atoms with van der Waals surface area (Å²) in [6, 6.07) is 4.12. The van der Waals surface area contributed by atoms with Crippen molar-refractivity contribution in [1.29, 1.82) is 0 Å². The summed E-state index contributed by atoms with van der Waals surface area (Å²) in [4.78, 5) is 12.3. The van der Waals surface area contributed by atoms with E-state index in [0.717, 1.165) is 13.1 Å². The van der Waals surface area contributed by atoms with E-state index in [9.17, 15) is 15.2 Å². The van der Waals surface area contributed by atoms with E-state index in [4.69, 9.17) is 0 Å². The third-order valence-electron chi connectivity index (χ3n) is 2.61. The number of piperazine rings is 1. The van der Waals surface area contributed by atoms with Crippen LogP contribution in [0.1, 0.15) is 0 Å². The molecule has 2 N–H and O–H groups in total. The maximum Gasteiger partial charge on any atom is 0.292 e. The largest absolute Gasteiger partial charge is 0.508 e. The number of aromatic hydroxyl groups is 1. The van der Waals surface area contributed by atoms with E-state index >= 15 is 0 Å². The fourth-order valence-corrected chi connectivity index (χ4v) is 1.83. The second kappa shape index (κ2) is 4.36. The molecule has 1 aliphatic rings. The summed E-state index contributed by atoms with van der Waals surface area (Å²) in [6.45, 7) is 3.02. The number of nitro benzene ring substituents is 1. The number of benzene rings is 1. The molecule has 0 amide bonds. The zero-order valence-electron chi connectivity index (χ0n) is 8.72. The van der Waals surface area contributed by atoms with Crippen LogP contribution in [0.3, 0.4) is 0 Å². The second-order valence-electron chi connectivity index (χ2n) is 3.67. The van der Waals surface area contributed by atoms with E-state index in [1.807, 2.05) is 4.90 Å². The number of phenolic OH excluding ortho intramolecular Hbond substituents is 1. The van der Waals surface area contributed by atoms with Gasteiger partial charge in [0.1, 0.15) is 11.4 Å². The summed E-state index contributed by atoms with van der Waals surface area (Å²) in [5.41, 5.74) is 0.534. The predicted molar refractivity (Wildman–Crippen MR) is 59.8 cm³/mol. The molecule has 0 atom stereocenters. The third kappa shape index (κ3) is 2.06. The number of hydrogen-bond acceptors (Lipinski definition) is 5. The van der Waals surface area contributed by atoms with Gasteiger partial charge in [0.05, 0.1) is 4.92 Å². The Morgan fingerprint density at radius 1 is 1.38 bits per heavy atom. The van der Waals surface area contributed by atoms with Crippen LogP contribution in [-0.4, -0.2) is 36.2 Å². The van der Waals surface area contributed by atoms with Gasteiger partial charge in [-0.2, -0.15) is 0 Å². The monoisotopic (exact) mass is 223 g/mol. The first-order valence-corrected chi connectivity index (χ1v) is 5.11. The molecule has 1 fully saturated rings. The van der Waals surface area contributed by atoms with Crippen molar-refractivity contribution < 1.29 is 10.0 Å². The SMILES string of the molecule is O=[N+]([O-])c1ccc(O)cc1N1CCNCC1. The van der Waals surface area contributed by atoms with Gasteiger partial charge in [0.25, 0.3) is 5.69 Å². The molecule has 16 heavy (non-hydrogen) atoms. The summed E-state index contributed by atoms with van der Waals surface area (Å²) in [5, 5.41) is 23.4. The summed E-state index contributed by atoms with van der Waals surface area (Å²) >= 11 is 0. The Morgan fingerprint density at radius 3 is 2.69 bits per heavy atom. The van der Waals surface area contributed by atoms with Gasteiger partial charge in [0.2, 0.25) is 0 Å². The van der Waals surface area contributed by atoms with Crippen LogP contribution in [-0.2, 0) is 0 Å². The molecule has 0 spiro atoms. The van der Waals surface area contributed by atoms with Crippen LogP contribution in [0.4, 0.5) is 11.4 Å². The normalized spacial score (nSPS) is 16.1. The Kier molecular flexibility index (Phi) is 2.91. The van der Waals surface area contributed by atoms with Crippen molar-refractivity contribution in [3.63, 3.8) is 0 Å². The second-order valence-corrected chi connectivity index (χ2v) is 3.67. The first kappa shape index (κ1) is 10.7. The fraction of sp³-hybridized carbons (Fsp3) is 0.400. The van der Waals surface area contributed by atoms with Crippen LogP contribution in [0.2, 0.25) is 0 Å². The topological polar surface area (TPSA) is 78.6 Å². The molecule has 0 saturated carbocycles. The van der Waals surface area contributed by atoms with Gasteiger partial charge in [-0.1, -0.05) is 0 Å². The quantitative estimate of drug-likeness (QED) is 0.570. The Morgan fingerprint density at radius 2 is 2.06 bits per heavy atom. The Labute approximate surface area is 92.6 Å². The van der Waals surface area contributed by atoms with Gasteiger partial charge in [-0.05, 0) is 6.07 Å². The highest BCUT2D eigenvalue weighted by Gasteiger charge is 2.21. The van der Waals surface area contributed by atoms with E-state index in [2.05, 4.69) is 5.32 Å². The standard InChI is InChI=1S/C10H13N3O3/c14-8-1-2-9(13(15)16)10(7-8)12-5-3-11-4-6-12/h1-2,7,11,14H,3-6H2. The van der Waals surface area contributed by atoms with E-state index < -0.39 is 4.92 Å². The number of anilines is 1. The van der Waals surface area contributed by atoms with Crippen molar-refractivity contribution in [2.75, 3.05) is 31.1 Å². The highest BCUT2D eigenvalue weighted by atomic mass is 16.6. The zero-order valence-corrected chi connectivity index (χ0v) is 8.72. The average Bonchev–Trinajstić information content (AvgIpc) is 2.29. The first-order chi connectivity index (χ1) is 7.68. The van der Waals surface area contributed by atoms with Crippen molar-refractivity contribution in [2.45, 2.75) is 0 Å². The van der Waals surface area contributed by atoms with Crippen LogP contribution in [0, 0.1) is 10.1 Å². The molecular weight excluding hydrogens is 210 g/mol. The summed E-state index contributed by atoms with van der Waals surface area (Å²) in [7, 11) is 0. The molecule has 6 nitrogen and oxygen atoms in total. The molecule has 0 aromatic heterocycles. The summed E-state index contributed by atoms with van der Waals surface area (Å²) in [5.74, 6) is 0.0548. The van der Waals surface area contributed by atoms with E-state index in [-0.39, 0.29) is 11.4 Å². The third-order valence-corrected chi connectivity index (χ3v) is 2.61. The molecule has 1 aromatic carbocycles. The van der Waals surface area contributed by atoms with Gasteiger partial charge in [-0.25, -0.2) is 0 Å². The summed E-state index contributed by atoms with van der Waals surface area (Å²) in [6.07, 6.45) is 0. The molecule has 0 radical (unpaired) electrons. The molecule has 2 rings (SSSR count). The average molecular weight is 223 g/mol. The lowest BCUT2D eigenvalue weighted by Gasteiger charge is -2.29. The van der Waals surface area contributed by atoms with Crippen molar-refractivity contribution in [3.8, 4) is 5.75 Å². The van der Waals surface area contributed by atoms with Crippen molar-refractivity contribution >= 4 is 11.4 Å². The van der Waals surface area contributed by atoms with Crippen LogP contribution >= 0.6 is 0 Å². The summed E-state index contributed by atoms with van der Waals surface area (Å²) < 4.78 is 0. The lowest BCUT2D eigenvalue weighted by Crippen LogP contribution is -2.43. The minimum Gasteiger partial charge on any atom is -0.508 e. The van der Waals surface area contributed by atoms with Gasteiger partial charge in [-0.3, -0.25) is 10.1 Å². The molecule has 1 aliphatic heterocycles. The highest BCUT2D eigenvalue weighted by Crippen LogP contribution is 2.31. The Hall–Kier alpha value is -1.82.